The second-order valence-electron chi connectivity index (χ2n) is 6.24. The van der Waals surface area contributed by atoms with Crippen molar-refractivity contribution in [3.8, 4) is 0 Å². The van der Waals surface area contributed by atoms with Gasteiger partial charge in [0.05, 0.1) is 20.5 Å². The quantitative estimate of drug-likeness (QED) is 0.172. The number of hydrogen-bond donors (Lipinski definition) is 2. The van der Waals surface area contributed by atoms with Gasteiger partial charge in [-0.2, -0.15) is 0 Å². The van der Waals surface area contributed by atoms with Crippen LogP contribution in [0.25, 0.3) is 0 Å². The molecule has 0 spiro atoms. The van der Waals surface area contributed by atoms with E-state index in [2.05, 4.69) is 17.5 Å². The summed E-state index contributed by atoms with van der Waals surface area (Å²) in [6.45, 7) is 0.269. The summed E-state index contributed by atoms with van der Waals surface area (Å²) < 4.78 is 64.0. The molecule has 1 aromatic rings. The molecule has 2 heterocycles. The Bertz CT molecular complexity index is 1210. The van der Waals surface area contributed by atoms with Crippen molar-refractivity contribution in [3.05, 3.63) is 32.6 Å². The molecule has 0 amide bonds. The Kier molecular flexibility index (Phi) is 25.3. The van der Waals surface area contributed by atoms with Crippen LogP contribution in [-0.4, -0.2) is 33.5 Å². The molecule has 2 rings (SSSR count). The minimum atomic E-state index is -6.41. The fourth-order valence-electron chi connectivity index (χ4n) is 2.42. The molecule has 0 aromatic carbocycles. The van der Waals surface area contributed by atoms with Gasteiger partial charge in [0, 0.05) is 18.2 Å². The number of aromatic amines is 1. The van der Waals surface area contributed by atoms with Gasteiger partial charge in [-0.15, -0.1) is 0 Å². The van der Waals surface area contributed by atoms with E-state index in [1.54, 1.807) is 0 Å². The number of phosphoric acid groups is 4. The van der Waals surface area contributed by atoms with Gasteiger partial charge in [-0.05, 0) is 6.92 Å². The molecule has 1 fully saturated rings. The van der Waals surface area contributed by atoms with E-state index in [0.717, 1.165) is 10.8 Å². The zero-order chi connectivity index (χ0) is 25.4. The number of nitrogens with zero attached hydrogens (tertiary/aromatic N) is 1. The van der Waals surface area contributed by atoms with E-state index < -0.39 is 67.6 Å². The van der Waals surface area contributed by atoms with E-state index in [1.807, 2.05) is 4.98 Å². The molecular formula is C10H13N2Na5O17P4. The molecule has 0 aliphatic carbocycles. The SMILES string of the molecule is Cc1cn([C@H]2C[C@H](O)[C@@H](COP(=O)([O-])OP(=O)([O-])OP(=O)([O-])OP(=O)([O-])[O-])O2)c(=O)[nH]c1=O.[Na+].[Na+].[Na+].[Na+].[Na+]. The van der Waals surface area contributed by atoms with Gasteiger partial charge in [-0.25, -0.2) is 13.4 Å². The molecule has 3 unspecified atom stereocenters. The number of H-pyrrole nitrogens is 1. The molecule has 1 aromatic heterocycles. The van der Waals surface area contributed by atoms with Gasteiger partial charge >= 0.3 is 153 Å². The molecule has 1 saturated heterocycles. The molecule has 190 valence electrons. The number of aliphatic hydroxyl groups is 1. The number of phosphoric ester groups is 1. The predicted molar refractivity (Wildman–Crippen MR) is 90.2 cm³/mol. The zero-order valence-electron chi connectivity index (χ0n) is 20.9. The Labute approximate surface area is 324 Å². The van der Waals surface area contributed by atoms with Crippen LogP contribution in [0.1, 0.15) is 18.2 Å². The number of ether oxygens (including phenoxy) is 1. The minimum absolute atomic E-state index is 0. The monoisotopic (exact) mass is 672 g/mol. The average Bonchev–Trinajstić information content (AvgIpc) is 2.92. The first-order valence-electron chi connectivity index (χ1n) is 8.18. The summed E-state index contributed by atoms with van der Waals surface area (Å²) in [6, 6.07) is 0. The van der Waals surface area contributed by atoms with Gasteiger partial charge in [0.2, 0.25) is 0 Å². The molecule has 6 atom stereocenters. The van der Waals surface area contributed by atoms with Crippen molar-refractivity contribution >= 4 is 31.3 Å². The Morgan fingerprint density at radius 1 is 0.947 bits per heavy atom. The van der Waals surface area contributed by atoms with Crippen molar-refractivity contribution in [3.63, 3.8) is 0 Å². The first kappa shape index (κ1) is 49.0. The van der Waals surface area contributed by atoms with Crippen LogP contribution in [0.2, 0.25) is 0 Å². The number of aliphatic hydroxyl groups excluding tert-OH is 1. The van der Waals surface area contributed by atoms with Crippen molar-refractivity contribution in [2.45, 2.75) is 31.8 Å². The Balaban J connectivity index is -0.00000116. The van der Waals surface area contributed by atoms with Gasteiger partial charge < -0.3 is 43.4 Å². The van der Waals surface area contributed by atoms with Crippen molar-refractivity contribution in [2.24, 2.45) is 0 Å². The maximum atomic E-state index is 11.9. The second kappa shape index (κ2) is 19.6. The van der Waals surface area contributed by atoms with E-state index >= 15 is 0 Å². The summed E-state index contributed by atoms with van der Waals surface area (Å²) in [7, 11) is -25.0. The predicted octanol–water partition coefficient (Wildman–Crippen LogP) is -19.2. The average molecular weight is 672 g/mol. The van der Waals surface area contributed by atoms with Gasteiger partial charge in [0.1, 0.15) is 12.3 Å². The first-order chi connectivity index (χ1) is 14.8. The van der Waals surface area contributed by atoms with Crippen LogP contribution < -0.4 is 184 Å². The van der Waals surface area contributed by atoms with E-state index in [1.165, 1.54) is 6.92 Å². The minimum Gasteiger partial charge on any atom is -0.790 e. The third-order valence-electron chi connectivity index (χ3n) is 3.66. The molecule has 0 saturated carbocycles. The van der Waals surface area contributed by atoms with Gasteiger partial charge in [-0.1, -0.05) is 0 Å². The molecule has 2 N–H and O–H groups in total. The third-order valence-corrected chi connectivity index (χ3v) is 8.92. The van der Waals surface area contributed by atoms with Gasteiger partial charge in [-0.3, -0.25) is 32.4 Å². The van der Waals surface area contributed by atoms with Gasteiger partial charge in [0.25, 0.3) is 29.0 Å². The standard InChI is InChI=1S/C10H18N2O17P4.5Na/c1-5-3-12(10(15)11-9(5)14)8-2-6(13)7(26-8)4-25-31(19,20)28-33(23,24)29-32(21,22)27-30(16,17)18;;;;;/h3,6-8,13H,2,4H2,1H3,(H,19,20)(H,21,22)(H,23,24)(H,11,14,15)(H2,16,17,18);;;;;/q;5*+1/p-5/t6-,7+,8+;;;;;/m0...../s1. The van der Waals surface area contributed by atoms with Crippen LogP contribution in [0, 0.1) is 6.92 Å². The van der Waals surface area contributed by atoms with Crippen molar-refractivity contribution in [1.82, 2.24) is 9.55 Å². The van der Waals surface area contributed by atoms with Crippen LogP contribution in [0.15, 0.2) is 15.8 Å². The largest absolute Gasteiger partial charge is 1.00 e. The Hall–Kier alpha value is 4.16. The number of aromatic nitrogens is 2. The summed E-state index contributed by atoms with van der Waals surface area (Å²) in [6.07, 6.45) is -3.29. The summed E-state index contributed by atoms with van der Waals surface area (Å²) in [5, 5.41) is 9.98. The maximum Gasteiger partial charge on any atom is 1.00 e. The molecule has 19 nitrogen and oxygen atoms in total. The molecule has 38 heavy (non-hydrogen) atoms. The molecule has 0 bridgehead atoms. The molecule has 1 aliphatic heterocycles. The van der Waals surface area contributed by atoms with E-state index in [9.17, 15) is 57.4 Å². The number of hydrogen-bond acceptors (Lipinski definition) is 17. The van der Waals surface area contributed by atoms with Crippen molar-refractivity contribution in [2.75, 3.05) is 6.61 Å². The van der Waals surface area contributed by atoms with Crippen molar-refractivity contribution in [1.29, 1.82) is 0 Å². The van der Waals surface area contributed by atoms with Crippen molar-refractivity contribution < 1.29 is 218 Å². The summed E-state index contributed by atoms with van der Waals surface area (Å²) in [5.74, 6) is 0. The number of nitrogens with one attached hydrogen (secondary N) is 1. The topological polar surface area (TPSA) is 305 Å². The third kappa shape index (κ3) is 17.0. The Morgan fingerprint density at radius 3 is 1.92 bits per heavy atom. The summed E-state index contributed by atoms with van der Waals surface area (Å²) in [4.78, 5) is 79.8. The summed E-state index contributed by atoms with van der Waals surface area (Å²) >= 11 is 0. The smallest absolute Gasteiger partial charge is 0.790 e. The fourth-order valence-corrected chi connectivity index (χ4v) is 6.65. The van der Waals surface area contributed by atoms with E-state index in [4.69, 9.17) is 4.74 Å². The van der Waals surface area contributed by atoms with E-state index in [0.29, 0.717) is 0 Å². The van der Waals surface area contributed by atoms with Crippen LogP contribution in [0.4, 0.5) is 0 Å². The summed E-state index contributed by atoms with van der Waals surface area (Å²) in [5.41, 5.74) is -1.47. The van der Waals surface area contributed by atoms with Gasteiger partial charge in [0.15, 0.2) is 0 Å². The fraction of sp³-hybridized carbons (Fsp3) is 0.600. The first-order valence-corrected chi connectivity index (χ1v) is 14.0. The van der Waals surface area contributed by atoms with Crippen LogP contribution in [0.5, 0.6) is 0 Å². The van der Waals surface area contributed by atoms with Crippen LogP contribution in [0.3, 0.4) is 0 Å². The second-order valence-corrected chi connectivity index (χ2v) is 12.0. The van der Waals surface area contributed by atoms with E-state index in [-0.39, 0.29) is 160 Å². The molecule has 0 radical (unpaired) electrons. The molecular weight excluding hydrogens is 659 g/mol. The van der Waals surface area contributed by atoms with Crippen LogP contribution >= 0.6 is 31.3 Å². The number of rotatable bonds is 10. The maximum absolute atomic E-state index is 11.9. The normalized spacial score (nSPS) is 23.4. The Morgan fingerprint density at radius 2 is 1.42 bits per heavy atom. The molecule has 28 heteroatoms. The van der Waals surface area contributed by atoms with Crippen LogP contribution in [-0.2, 0) is 40.5 Å². The number of aryl methyl sites for hydroxylation is 1. The molecule has 1 aliphatic rings. The zero-order valence-corrected chi connectivity index (χ0v) is 34.5.